The number of aliphatic imine (C=N–C) groups is 1. The van der Waals surface area contributed by atoms with Gasteiger partial charge >= 0.3 is 11.7 Å². The number of aliphatic carboxylic acids is 1. The van der Waals surface area contributed by atoms with Crippen LogP contribution in [0.3, 0.4) is 0 Å². The third kappa shape index (κ3) is 4.68. The van der Waals surface area contributed by atoms with Crippen LogP contribution in [-0.2, 0) is 23.2 Å². The van der Waals surface area contributed by atoms with Crippen LogP contribution in [0, 0.1) is 11.8 Å². The monoisotopic (exact) mass is 503 g/mol. The summed E-state index contributed by atoms with van der Waals surface area (Å²) in [5.74, 6) is -0.681. The molecule has 10 nitrogen and oxygen atoms in total. The van der Waals surface area contributed by atoms with Gasteiger partial charge in [0.15, 0.2) is 5.82 Å². The van der Waals surface area contributed by atoms with Gasteiger partial charge in [-0.05, 0) is 60.1 Å². The number of unbranched alkanes of at least 4 members (excludes halogenated alkanes) is 1. The molecule has 37 heavy (non-hydrogen) atoms. The number of H-pyrrole nitrogens is 1. The molecule has 2 aromatic heterocycles. The first-order valence-corrected chi connectivity index (χ1v) is 13.0. The number of imidazole rings is 1. The molecule has 1 aliphatic heterocycles. The molecule has 10 heteroatoms. The summed E-state index contributed by atoms with van der Waals surface area (Å²) in [6.07, 6.45) is 12.4. The van der Waals surface area contributed by atoms with Crippen molar-refractivity contribution in [2.24, 2.45) is 16.8 Å². The van der Waals surface area contributed by atoms with E-state index in [0.29, 0.717) is 25.2 Å². The number of carboxylic acid groups (broad SMARTS) is 1. The van der Waals surface area contributed by atoms with Gasteiger partial charge in [0, 0.05) is 41.8 Å². The summed E-state index contributed by atoms with van der Waals surface area (Å²) in [5.41, 5.74) is 2.19. The highest BCUT2D eigenvalue weighted by Gasteiger charge is 2.41. The average Bonchev–Trinajstić information content (AvgIpc) is 3.64. The maximum Gasteiger partial charge on any atom is 0.328 e. The highest BCUT2D eigenvalue weighted by atomic mass is 16.4. The molecule has 4 atom stereocenters. The van der Waals surface area contributed by atoms with E-state index in [1.165, 1.54) is 0 Å². The number of tetrazole rings is 1. The molecule has 1 aromatic carbocycles. The van der Waals surface area contributed by atoms with Gasteiger partial charge in [-0.15, -0.1) is 5.10 Å². The lowest BCUT2D eigenvalue weighted by molar-refractivity contribution is -0.142. The van der Waals surface area contributed by atoms with Crippen molar-refractivity contribution in [3.63, 3.8) is 0 Å². The van der Waals surface area contributed by atoms with Crippen LogP contribution < -0.4 is 5.69 Å². The molecule has 194 valence electrons. The van der Waals surface area contributed by atoms with Crippen LogP contribution in [0.1, 0.15) is 63.3 Å². The lowest BCUT2D eigenvalue weighted by Gasteiger charge is -2.32. The third-order valence-electron chi connectivity index (χ3n) is 7.98. The van der Waals surface area contributed by atoms with Crippen LogP contribution in [0.4, 0.5) is 0 Å². The summed E-state index contributed by atoms with van der Waals surface area (Å²) in [6, 6.07) is 7.69. The molecule has 1 aliphatic carbocycles. The van der Waals surface area contributed by atoms with Gasteiger partial charge in [0.2, 0.25) is 0 Å². The van der Waals surface area contributed by atoms with Crippen molar-refractivity contribution in [3.8, 4) is 11.4 Å². The highest BCUT2D eigenvalue weighted by Crippen LogP contribution is 2.41. The lowest BCUT2D eigenvalue weighted by atomic mass is 9.76. The Labute approximate surface area is 215 Å². The number of aromatic amines is 1. The number of benzene rings is 1. The van der Waals surface area contributed by atoms with Crippen LogP contribution in [0.2, 0.25) is 0 Å². The molecule has 0 amide bonds. The van der Waals surface area contributed by atoms with E-state index in [2.05, 4.69) is 57.7 Å². The minimum absolute atomic E-state index is 0.122. The fraction of sp³-hybridized carbons (Fsp3) is 0.481. The van der Waals surface area contributed by atoms with E-state index >= 15 is 0 Å². The first-order valence-electron chi connectivity index (χ1n) is 13.0. The molecular formula is C27H33N7O3. The second kappa shape index (κ2) is 10.3. The van der Waals surface area contributed by atoms with E-state index < -0.39 is 17.3 Å². The van der Waals surface area contributed by atoms with Gasteiger partial charge in [-0.2, -0.15) is 0 Å². The largest absolute Gasteiger partial charge is 0.481 e. The zero-order valence-electron chi connectivity index (χ0n) is 21.2. The van der Waals surface area contributed by atoms with Crippen molar-refractivity contribution in [3.05, 3.63) is 64.5 Å². The molecule has 1 fully saturated rings. The molecule has 2 N–H and O–H groups in total. The molecule has 4 unspecified atom stereocenters. The number of hydrogen-bond donors (Lipinski definition) is 2. The lowest BCUT2D eigenvalue weighted by Crippen LogP contribution is -2.39. The van der Waals surface area contributed by atoms with Crippen LogP contribution in [0.15, 0.2) is 52.5 Å². The molecule has 3 aromatic rings. The molecule has 3 heterocycles. The van der Waals surface area contributed by atoms with Gasteiger partial charge in [0.1, 0.15) is 0 Å². The normalized spacial score (nSPS) is 25.1. The number of rotatable bonds is 9. The topological polar surface area (TPSA) is 131 Å². The third-order valence-corrected chi connectivity index (χ3v) is 7.98. The smallest absolute Gasteiger partial charge is 0.328 e. The summed E-state index contributed by atoms with van der Waals surface area (Å²) in [7, 11) is 0. The number of hydrogen-bond acceptors (Lipinski definition) is 6. The number of nitrogens with zero attached hydrogens (tertiary/aromatic N) is 6. The molecule has 2 aliphatic rings. The van der Waals surface area contributed by atoms with Gasteiger partial charge in [0.05, 0.1) is 12.0 Å². The number of nitrogens with one attached hydrogen (secondary N) is 1. The van der Waals surface area contributed by atoms with Gasteiger partial charge in [0.25, 0.3) is 0 Å². The van der Waals surface area contributed by atoms with Crippen molar-refractivity contribution >= 4 is 12.2 Å². The van der Waals surface area contributed by atoms with Crippen molar-refractivity contribution in [2.75, 3.05) is 0 Å². The predicted octanol–water partition coefficient (Wildman–Crippen LogP) is 3.77. The molecular weight excluding hydrogens is 470 g/mol. The molecule has 5 rings (SSSR count). The highest BCUT2D eigenvalue weighted by molar-refractivity contribution is 5.71. The SMILES string of the molecule is CCCCc1cn(C2C(C)CCC2C(=O)O)c(=O)n1CC1(c2cccc(-c3nnn[nH]3)c2)C=CN=CC1. The Morgan fingerprint density at radius 3 is 2.86 bits per heavy atom. The number of allylic oxidation sites excluding steroid dienone is 1. The molecule has 0 bridgehead atoms. The van der Waals surface area contributed by atoms with Gasteiger partial charge in [-0.25, -0.2) is 9.89 Å². The Balaban J connectivity index is 1.59. The van der Waals surface area contributed by atoms with Crippen LogP contribution in [-0.4, -0.2) is 47.0 Å². The van der Waals surface area contributed by atoms with E-state index in [1.54, 1.807) is 10.8 Å². The number of carbonyl (C=O) groups is 1. The van der Waals surface area contributed by atoms with Gasteiger partial charge in [-0.1, -0.05) is 44.5 Å². The van der Waals surface area contributed by atoms with Gasteiger partial charge < -0.3 is 5.11 Å². The maximum absolute atomic E-state index is 14.0. The first-order chi connectivity index (χ1) is 17.9. The molecule has 0 saturated heterocycles. The fourth-order valence-corrected chi connectivity index (χ4v) is 5.90. The van der Waals surface area contributed by atoms with E-state index in [0.717, 1.165) is 42.5 Å². The Bertz CT molecular complexity index is 1370. The zero-order valence-corrected chi connectivity index (χ0v) is 21.2. The minimum Gasteiger partial charge on any atom is -0.481 e. The second-order valence-electron chi connectivity index (χ2n) is 10.3. The standard InChI is InChI=1S/C27H33N7O3/c1-3-4-8-21-16-33(23-18(2)9-10-22(23)25(35)36)26(37)34(21)17-27(11-13-28-14-12-27)20-7-5-6-19(15-20)24-29-31-32-30-24/h5-7,11,13-16,18,22-23H,3-4,8-10,12,17H2,1-2H3,(H,35,36)(H,29,30,31,32). The minimum atomic E-state index is -0.828. The van der Waals surface area contributed by atoms with E-state index in [9.17, 15) is 14.7 Å². The zero-order chi connectivity index (χ0) is 26.0. The van der Waals surface area contributed by atoms with E-state index in [4.69, 9.17) is 0 Å². The van der Waals surface area contributed by atoms with Crippen molar-refractivity contribution < 1.29 is 9.90 Å². The van der Waals surface area contributed by atoms with Crippen LogP contribution in [0.5, 0.6) is 0 Å². The number of carboxylic acids is 1. The van der Waals surface area contributed by atoms with Crippen LogP contribution in [0.25, 0.3) is 11.4 Å². The second-order valence-corrected chi connectivity index (χ2v) is 10.3. The Hall–Kier alpha value is -3.82. The molecule has 0 spiro atoms. The van der Waals surface area contributed by atoms with Crippen LogP contribution >= 0.6 is 0 Å². The predicted molar refractivity (Wildman–Crippen MR) is 139 cm³/mol. The summed E-state index contributed by atoms with van der Waals surface area (Å²) in [5, 5.41) is 24.1. The molecule has 0 radical (unpaired) electrons. The quantitative estimate of drug-likeness (QED) is 0.457. The maximum atomic E-state index is 14.0. The Kier molecular flexibility index (Phi) is 6.90. The molecule has 1 saturated carbocycles. The average molecular weight is 504 g/mol. The summed E-state index contributed by atoms with van der Waals surface area (Å²) < 4.78 is 3.58. The van der Waals surface area contributed by atoms with Crippen molar-refractivity contribution in [2.45, 2.75) is 70.4 Å². The summed E-state index contributed by atoms with van der Waals surface area (Å²) in [6.45, 7) is 4.61. The summed E-state index contributed by atoms with van der Waals surface area (Å²) in [4.78, 5) is 30.3. The fourth-order valence-electron chi connectivity index (χ4n) is 5.90. The van der Waals surface area contributed by atoms with Crippen molar-refractivity contribution in [1.29, 1.82) is 0 Å². The van der Waals surface area contributed by atoms with Crippen molar-refractivity contribution in [1.82, 2.24) is 29.8 Å². The van der Waals surface area contributed by atoms with E-state index in [-0.39, 0.29) is 17.6 Å². The first kappa shape index (κ1) is 24.9. The number of aryl methyl sites for hydroxylation is 1. The summed E-state index contributed by atoms with van der Waals surface area (Å²) >= 11 is 0. The van der Waals surface area contributed by atoms with E-state index in [1.807, 2.05) is 29.1 Å². The Morgan fingerprint density at radius 2 is 2.16 bits per heavy atom. The Morgan fingerprint density at radius 1 is 1.30 bits per heavy atom. The number of aromatic nitrogens is 6. The van der Waals surface area contributed by atoms with Gasteiger partial charge in [-0.3, -0.25) is 18.9 Å².